The molecule has 5 heteroatoms. The van der Waals surface area contributed by atoms with Crippen molar-refractivity contribution in [3.8, 4) is 0 Å². The topological polar surface area (TPSA) is 81.4 Å². The van der Waals surface area contributed by atoms with Crippen LogP contribution in [0.2, 0.25) is 0 Å². The number of benzene rings is 1. The Labute approximate surface area is 99.9 Å². The Bertz CT molecular complexity index is 416. The monoisotopic (exact) mass is 236 g/mol. The summed E-state index contributed by atoms with van der Waals surface area (Å²) >= 11 is 0. The molecule has 1 atom stereocenters. The molecule has 92 valence electrons. The number of ether oxygens (including phenoxy) is 1. The number of carbonyl (C=O) groups excluding carboxylic acids is 2. The van der Waals surface area contributed by atoms with Gasteiger partial charge in [-0.25, -0.2) is 4.79 Å². The van der Waals surface area contributed by atoms with Crippen molar-refractivity contribution in [2.24, 2.45) is 5.73 Å². The van der Waals surface area contributed by atoms with Crippen LogP contribution >= 0.6 is 0 Å². The van der Waals surface area contributed by atoms with Crippen LogP contribution in [0.5, 0.6) is 0 Å². The lowest BCUT2D eigenvalue weighted by atomic mass is 10.1. The summed E-state index contributed by atoms with van der Waals surface area (Å²) in [6.45, 7) is 3.58. The normalized spacial score (nSPS) is 11.7. The highest BCUT2D eigenvalue weighted by Crippen LogP contribution is 2.16. The van der Waals surface area contributed by atoms with Crippen LogP contribution in [0.15, 0.2) is 24.3 Å². The van der Waals surface area contributed by atoms with Gasteiger partial charge in [0, 0.05) is 0 Å². The molecule has 1 rings (SSSR count). The van der Waals surface area contributed by atoms with Crippen molar-refractivity contribution in [2.75, 3.05) is 11.9 Å². The molecule has 0 aromatic heterocycles. The third kappa shape index (κ3) is 3.57. The molecule has 3 N–H and O–H groups in total. The van der Waals surface area contributed by atoms with E-state index in [0.29, 0.717) is 11.3 Å². The first-order chi connectivity index (χ1) is 8.06. The molecule has 0 spiro atoms. The molecule has 0 aliphatic heterocycles. The van der Waals surface area contributed by atoms with Crippen molar-refractivity contribution < 1.29 is 14.3 Å². The predicted molar refractivity (Wildman–Crippen MR) is 64.7 cm³/mol. The molecule has 17 heavy (non-hydrogen) atoms. The maximum atomic E-state index is 11.6. The molecule has 1 amide bonds. The molecular formula is C12H16N2O3. The Morgan fingerprint density at radius 2 is 2.06 bits per heavy atom. The first-order valence-electron chi connectivity index (χ1n) is 5.38. The molecule has 1 aromatic rings. The molecule has 0 bridgehead atoms. The van der Waals surface area contributed by atoms with Gasteiger partial charge in [-0.3, -0.25) is 4.79 Å². The van der Waals surface area contributed by atoms with E-state index in [2.05, 4.69) is 5.32 Å². The van der Waals surface area contributed by atoms with Crippen LogP contribution in [0.3, 0.4) is 0 Å². The van der Waals surface area contributed by atoms with Gasteiger partial charge in [0.15, 0.2) is 0 Å². The number of carbonyl (C=O) groups is 2. The van der Waals surface area contributed by atoms with Crippen LogP contribution in [0.4, 0.5) is 5.69 Å². The largest absolute Gasteiger partial charge is 0.462 e. The Hall–Kier alpha value is -1.88. The zero-order valence-corrected chi connectivity index (χ0v) is 9.90. The molecule has 0 saturated carbocycles. The minimum absolute atomic E-state index is 0.286. The lowest BCUT2D eigenvalue weighted by molar-refractivity contribution is -0.117. The van der Waals surface area contributed by atoms with Crippen molar-refractivity contribution >= 4 is 17.6 Å². The summed E-state index contributed by atoms with van der Waals surface area (Å²) in [5.74, 6) is -0.810. The van der Waals surface area contributed by atoms with Gasteiger partial charge >= 0.3 is 5.97 Å². The van der Waals surface area contributed by atoms with E-state index in [1.807, 2.05) is 0 Å². The lowest BCUT2D eigenvalue weighted by Gasteiger charge is -2.11. The van der Waals surface area contributed by atoms with E-state index < -0.39 is 12.0 Å². The van der Waals surface area contributed by atoms with E-state index in [9.17, 15) is 9.59 Å². The maximum absolute atomic E-state index is 11.6. The Morgan fingerprint density at radius 3 is 2.65 bits per heavy atom. The molecule has 5 nitrogen and oxygen atoms in total. The van der Waals surface area contributed by atoms with E-state index in [1.54, 1.807) is 38.1 Å². The number of hydrogen-bond acceptors (Lipinski definition) is 4. The smallest absolute Gasteiger partial charge is 0.340 e. The van der Waals surface area contributed by atoms with E-state index in [-0.39, 0.29) is 12.5 Å². The summed E-state index contributed by atoms with van der Waals surface area (Å²) < 4.78 is 4.89. The molecule has 0 fully saturated rings. The number of esters is 1. The van der Waals surface area contributed by atoms with E-state index in [1.165, 1.54) is 0 Å². The zero-order chi connectivity index (χ0) is 12.8. The van der Waals surface area contributed by atoms with Gasteiger partial charge < -0.3 is 15.8 Å². The average molecular weight is 236 g/mol. The molecule has 0 radical (unpaired) electrons. The third-order valence-corrected chi connectivity index (χ3v) is 2.09. The Morgan fingerprint density at radius 1 is 1.41 bits per heavy atom. The second-order valence-corrected chi connectivity index (χ2v) is 3.54. The molecule has 0 aliphatic carbocycles. The predicted octanol–water partition coefficient (Wildman–Crippen LogP) is 1.15. The highest BCUT2D eigenvalue weighted by molar-refractivity contribution is 6.02. The molecule has 1 unspecified atom stereocenters. The summed E-state index contributed by atoms with van der Waals surface area (Å²) in [7, 11) is 0. The quantitative estimate of drug-likeness (QED) is 0.768. The Balaban J connectivity index is 2.92. The van der Waals surface area contributed by atoms with Crippen LogP contribution in [-0.2, 0) is 9.53 Å². The summed E-state index contributed by atoms with van der Waals surface area (Å²) in [4.78, 5) is 23.1. The van der Waals surface area contributed by atoms with Crippen molar-refractivity contribution in [1.29, 1.82) is 0 Å². The molecule has 1 aromatic carbocycles. The summed E-state index contributed by atoms with van der Waals surface area (Å²) in [6.07, 6.45) is 0. The standard InChI is InChI=1S/C12H16N2O3/c1-3-17-12(16)9-6-4-5-7-10(9)14-11(15)8(2)13/h4-8H,3,13H2,1-2H3,(H,14,15). The van der Waals surface area contributed by atoms with Crippen molar-refractivity contribution in [3.05, 3.63) is 29.8 Å². The number of amides is 1. The summed E-state index contributed by atoms with van der Waals surface area (Å²) in [5, 5.41) is 2.58. The molecule has 0 aliphatic rings. The minimum atomic E-state index is -0.634. The first kappa shape index (κ1) is 13.2. The highest BCUT2D eigenvalue weighted by Gasteiger charge is 2.15. The molecular weight excluding hydrogens is 220 g/mol. The fourth-order valence-electron chi connectivity index (χ4n) is 1.23. The van der Waals surface area contributed by atoms with Crippen molar-refractivity contribution in [3.63, 3.8) is 0 Å². The second kappa shape index (κ2) is 6.00. The first-order valence-corrected chi connectivity index (χ1v) is 5.38. The molecule has 0 saturated heterocycles. The second-order valence-electron chi connectivity index (χ2n) is 3.54. The van der Waals surface area contributed by atoms with Crippen molar-refractivity contribution in [2.45, 2.75) is 19.9 Å². The zero-order valence-electron chi connectivity index (χ0n) is 9.90. The molecule has 0 heterocycles. The van der Waals surface area contributed by atoms with Gasteiger partial charge in [0.2, 0.25) is 5.91 Å². The maximum Gasteiger partial charge on any atom is 0.340 e. The van der Waals surface area contributed by atoms with Crippen LogP contribution < -0.4 is 11.1 Å². The summed E-state index contributed by atoms with van der Waals surface area (Å²) in [5.41, 5.74) is 6.17. The minimum Gasteiger partial charge on any atom is -0.462 e. The highest BCUT2D eigenvalue weighted by atomic mass is 16.5. The number of para-hydroxylation sites is 1. The van der Waals surface area contributed by atoms with Crippen LogP contribution in [0.25, 0.3) is 0 Å². The number of nitrogens with one attached hydrogen (secondary N) is 1. The van der Waals surface area contributed by atoms with Gasteiger partial charge in [-0.15, -0.1) is 0 Å². The van der Waals surface area contributed by atoms with Gasteiger partial charge in [0.1, 0.15) is 0 Å². The van der Waals surface area contributed by atoms with E-state index in [4.69, 9.17) is 10.5 Å². The SMILES string of the molecule is CCOC(=O)c1ccccc1NC(=O)C(C)N. The van der Waals surface area contributed by atoms with Gasteiger partial charge in [0.25, 0.3) is 0 Å². The number of hydrogen-bond donors (Lipinski definition) is 2. The van der Waals surface area contributed by atoms with E-state index >= 15 is 0 Å². The van der Waals surface area contributed by atoms with E-state index in [0.717, 1.165) is 0 Å². The lowest BCUT2D eigenvalue weighted by Crippen LogP contribution is -2.33. The average Bonchev–Trinajstić information content (AvgIpc) is 2.29. The number of rotatable bonds is 4. The summed E-state index contributed by atoms with van der Waals surface area (Å²) in [6, 6.07) is 6.01. The van der Waals surface area contributed by atoms with Crippen LogP contribution in [-0.4, -0.2) is 24.5 Å². The fraction of sp³-hybridized carbons (Fsp3) is 0.333. The van der Waals surface area contributed by atoms with Crippen molar-refractivity contribution in [1.82, 2.24) is 0 Å². The van der Waals surface area contributed by atoms with Gasteiger partial charge in [-0.1, -0.05) is 12.1 Å². The van der Waals surface area contributed by atoms with Gasteiger partial charge in [0.05, 0.1) is 23.9 Å². The van der Waals surface area contributed by atoms with Crippen LogP contribution in [0.1, 0.15) is 24.2 Å². The number of anilines is 1. The van der Waals surface area contributed by atoms with Gasteiger partial charge in [-0.05, 0) is 26.0 Å². The Kier molecular flexibility index (Phi) is 4.66. The number of nitrogens with two attached hydrogens (primary N) is 1. The van der Waals surface area contributed by atoms with Gasteiger partial charge in [-0.2, -0.15) is 0 Å². The van der Waals surface area contributed by atoms with Crippen LogP contribution in [0, 0.1) is 0 Å². The fourth-order valence-corrected chi connectivity index (χ4v) is 1.23. The third-order valence-electron chi connectivity index (χ3n) is 2.09.